The van der Waals surface area contributed by atoms with Crippen LogP contribution in [0.25, 0.3) is 0 Å². The summed E-state index contributed by atoms with van der Waals surface area (Å²) < 4.78 is 14.0. The van der Waals surface area contributed by atoms with Gasteiger partial charge in [-0.25, -0.2) is 4.39 Å². The van der Waals surface area contributed by atoms with Crippen molar-refractivity contribution in [2.24, 2.45) is 0 Å². The second kappa shape index (κ2) is 6.72. The summed E-state index contributed by atoms with van der Waals surface area (Å²) in [5.74, 6) is -0.127. The van der Waals surface area contributed by atoms with Crippen LogP contribution in [0.1, 0.15) is 12.0 Å². The Morgan fingerprint density at radius 2 is 1.81 bits per heavy atom. The van der Waals surface area contributed by atoms with Gasteiger partial charge in [-0.2, -0.15) is 0 Å². The van der Waals surface area contributed by atoms with Crippen molar-refractivity contribution in [2.75, 3.05) is 24.5 Å². The molecule has 1 saturated heterocycles. The maximum Gasteiger partial charge on any atom is 0.146 e. The van der Waals surface area contributed by atoms with E-state index in [4.69, 9.17) is 0 Å². The molecule has 2 aromatic rings. The standard InChI is InChI=1S/C18H21FN2/c19-17-9-4-5-10-18(17)21-12-6-11-20-16(14-21)13-15-7-2-1-3-8-15/h1-5,7-10,16,20H,6,11-14H2. The molecule has 0 bridgehead atoms. The number of halogens is 1. The van der Waals surface area contributed by atoms with E-state index in [1.807, 2.05) is 18.2 Å². The number of anilines is 1. The first-order valence-electron chi connectivity index (χ1n) is 7.60. The molecule has 3 heteroatoms. The normalized spacial score (nSPS) is 19.3. The summed E-state index contributed by atoms with van der Waals surface area (Å²) in [7, 11) is 0. The Morgan fingerprint density at radius 3 is 2.62 bits per heavy atom. The van der Waals surface area contributed by atoms with Gasteiger partial charge in [0.05, 0.1) is 5.69 Å². The van der Waals surface area contributed by atoms with Crippen LogP contribution >= 0.6 is 0 Å². The van der Waals surface area contributed by atoms with Crippen LogP contribution in [0.15, 0.2) is 54.6 Å². The average Bonchev–Trinajstić information content (AvgIpc) is 2.74. The third-order valence-corrected chi connectivity index (χ3v) is 4.00. The molecule has 0 aromatic heterocycles. The van der Waals surface area contributed by atoms with Crippen LogP contribution in [0.3, 0.4) is 0 Å². The van der Waals surface area contributed by atoms with Gasteiger partial charge in [0.25, 0.3) is 0 Å². The van der Waals surface area contributed by atoms with Gasteiger partial charge in [0.1, 0.15) is 5.82 Å². The van der Waals surface area contributed by atoms with E-state index in [0.717, 1.165) is 38.2 Å². The molecule has 0 radical (unpaired) electrons. The average molecular weight is 284 g/mol. The number of nitrogens with one attached hydrogen (secondary N) is 1. The molecule has 2 nitrogen and oxygen atoms in total. The molecule has 1 N–H and O–H groups in total. The van der Waals surface area contributed by atoms with Gasteiger partial charge in [-0.1, -0.05) is 42.5 Å². The third-order valence-electron chi connectivity index (χ3n) is 4.00. The molecule has 1 aliphatic heterocycles. The molecule has 3 rings (SSSR count). The first-order chi connectivity index (χ1) is 10.3. The SMILES string of the molecule is Fc1ccccc1N1CCCNC(Cc2ccccc2)C1. The lowest BCUT2D eigenvalue weighted by atomic mass is 10.1. The van der Waals surface area contributed by atoms with E-state index in [1.54, 1.807) is 12.1 Å². The van der Waals surface area contributed by atoms with Crippen molar-refractivity contribution < 1.29 is 4.39 Å². The number of rotatable bonds is 3. The van der Waals surface area contributed by atoms with Crippen molar-refractivity contribution in [3.63, 3.8) is 0 Å². The van der Waals surface area contributed by atoms with Crippen LogP contribution in [-0.4, -0.2) is 25.7 Å². The number of hydrogen-bond acceptors (Lipinski definition) is 2. The van der Waals surface area contributed by atoms with Gasteiger partial charge in [-0.3, -0.25) is 0 Å². The highest BCUT2D eigenvalue weighted by atomic mass is 19.1. The number of benzene rings is 2. The molecule has 0 amide bonds. The fourth-order valence-electron chi connectivity index (χ4n) is 2.96. The van der Waals surface area contributed by atoms with Crippen molar-refractivity contribution in [1.29, 1.82) is 0 Å². The summed E-state index contributed by atoms with van der Waals surface area (Å²) in [5, 5.41) is 3.59. The summed E-state index contributed by atoms with van der Waals surface area (Å²) in [6.45, 7) is 2.73. The number of nitrogens with zero attached hydrogens (tertiary/aromatic N) is 1. The van der Waals surface area contributed by atoms with Gasteiger partial charge >= 0.3 is 0 Å². The van der Waals surface area contributed by atoms with Crippen LogP contribution in [0.5, 0.6) is 0 Å². The lowest BCUT2D eigenvalue weighted by molar-refractivity contribution is 0.537. The predicted octanol–water partition coefficient (Wildman–Crippen LogP) is 3.24. The van der Waals surface area contributed by atoms with Gasteiger partial charge in [-0.05, 0) is 37.1 Å². The van der Waals surface area contributed by atoms with Crippen LogP contribution < -0.4 is 10.2 Å². The van der Waals surface area contributed by atoms with Crippen LogP contribution in [0, 0.1) is 5.82 Å². The molecule has 2 aromatic carbocycles. The van der Waals surface area contributed by atoms with E-state index in [9.17, 15) is 4.39 Å². The summed E-state index contributed by atoms with van der Waals surface area (Å²) in [6.07, 6.45) is 2.02. The monoisotopic (exact) mass is 284 g/mol. The number of hydrogen-bond donors (Lipinski definition) is 1. The number of para-hydroxylation sites is 1. The first-order valence-corrected chi connectivity index (χ1v) is 7.60. The molecule has 110 valence electrons. The molecule has 1 aliphatic rings. The highest BCUT2D eigenvalue weighted by Gasteiger charge is 2.20. The third kappa shape index (κ3) is 3.61. The lowest BCUT2D eigenvalue weighted by Crippen LogP contribution is -2.39. The van der Waals surface area contributed by atoms with E-state index in [1.165, 1.54) is 5.56 Å². The Kier molecular flexibility index (Phi) is 4.51. The second-order valence-electron chi connectivity index (χ2n) is 5.59. The van der Waals surface area contributed by atoms with E-state index < -0.39 is 0 Å². The van der Waals surface area contributed by atoms with E-state index >= 15 is 0 Å². The zero-order valence-electron chi connectivity index (χ0n) is 12.1. The van der Waals surface area contributed by atoms with Crippen molar-refractivity contribution >= 4 is 5.69 Å². The molecule has 21 heavy (non-hydrogen) atoms. The van der Waals surface area contributed by atoms with Gasteiger partial charge in [0.2, 0.25) is 0 Å². The van der Waals surface area contributed by atoms with Crippen LogP contribution in [-0.2, 0) is 6.42 Å². The quantitative estimate of drug-likeness (QED) is 0.931. The van der Waals surface area contributed by atoms with E-state index in [0.29, 0.717) is 6.04 Å². The molecule has 1 unspecified atom stereocenters. The van der Waals surface area contributed by atoms with Gasteiger partial charge in [-0.15, -0.1) is 0 Å². The minimum absolute atomic E-state index is 0.127. The molecular formula is C18H21FN2. The molecule has 1 heterocycles. The largest absolute Gasteiger partial charge is 0.368 e. The van der Waals surface area contributed by atoms with Crippen molar-refractivity contribution in [2.45, 2.75) is 18.9 Å². The smallest absolute Gasteiger partial charge is 0.146 e. The molecule has 1 fully saturated rings. The highest BCUT2D eigenvalue weighted by Crippen LogP contribution is 2.21. The fraction of sp³-hybridized carbons (Fsp3) is 0.333. The molecule has 0 aliphatic carbocycles. The fourth-order valence-corrected chi connectivity index (χ4v) is 2.96. The van der Waals surface area contributed by atoms with Crippen LogP contribution in [0.2, 0.25) is 0 Å². The van der Waals surface area contributed by atoms with Crippen LogP contribution in [0.4, 0.5) is 10.1 Å². The lowest BCUT2D eigenvalue weighted by Gasteiger charge is -2.27. The maximum absolute atomic E-state index is 14.0. The molecule has 0 spiro atoms. The topological polar surface area (TPSA) is 15.3 Å². The Bertz CT molecular complexity index is 570. The summed E-state index contributed by atoms with van der Waals surface area (Å²) in [5.41, 5.74) is 2.05. The minimum atomic E-state index is -0.127. The van der Waals surface area contributed by atoms with Gasteiger partial charge in [0, 0.05) is 19.1 Å². The molecular weight excluding hydrogens is 263 g/mol. The second-order valence-corrected chi connectivity index (χ2v) is 5.59. The van der Waals surface area contributed by atoms with Gasteiger partial charge in [0.15, 0.2) is 0 Å². The van der Waals surface area contributed by atoms with Crippen molar-refractivity contribution in [3.05, 3.63) is 66.0 Å². The first kappa shape index (κ1) is 14.1. The Hall–Kier alpha value is -1.87. The Labute approximate surface area is 125 Å². The summed E-state index contributed by atoms with van der Waals surface area (Å²) in [4.78, 5) is 2.17. The minimum Gasteiger partial charge on any atom is -0.368 e. The maximum atomic E-state index is 14.0. The van der Waals surface area contributed by atoms with Crippen molar-refractivity contribution in [3.8, 4) is 0 Å². The summed E-state index contributed by atoms with van der Waals surface area (Å²) in [6, 6.07) is 17.9. The highest BCUT2D eigenvalue weighted by molar-refractivity contribution is 5.48. The predicted molar refractivity (Wildman–Crippen MR) is 85.2 cm³/mol. The molecule has 0 saturated carbocycles. The zero-order valence-corrected chi connectivity index (χ0v) is 12.1. The Balaban J connectivity index is 1.73. The summed E-state index contributed by atoms with van der Waals surface area (Å²) >= 11 is 0. The van der Waals surface area contributed by atoms with E-state index in [2.05, 4.69) is 34.5 Å². The van der Waals surface area contributed by atoms with E-state index in [-0.39, 0.29) is 5.82 Å². The molecule has 1 atom stereocenters. The Morgan fingerprint density at radius 1 is 1.05 bits per heavy atom. The van der Waals surface area contributed by atoms with Gasteiger partial charge < -0.3 is 10.2 Å². The zero-order chi connectivity index (χ0) is 14.5. The van der Waals surface area contributed by atoms with Crippen molar-refractivity contribution in [1.82, 2.24) is 5.32 Å².